The van der Waals surface area contributed by atoms with Crippen molar-refractivity contribution in [3.05, 3.63) is 35.3 Å². The number of amides is 3. The number of aliphatic hydroxyl groups is 1. The van der Waals surface area contributed by atoms with Crippen LogP contribution in [0.1, 0.15) is 31.3 Å². The van der Waals surface area contributed by atoms with Crippen LogP contribution in [-0.2, 0) is 14.3 Å². The molecule has 0 fully saturated rings. The van der Waals surface area contributed by atoms with Crippen LogP contribution in [0.25, 0.3) is 10.6 Å². The summed E-state index contributed by atoms with van der Waals surface area (Å²) >= 11 is 1.22. The molecule has 0 aliphatic carbocycles. The molecule has 0 spiro atoms. The topological polar surface area (TPSA) is 167 Å². The fraction of sp³-hybridized carbons (Fsp3) is 0.350. The number of carboxylic acid groups (broad SMARTS) is 1. The number of carbonyl (C=O) groups excluding carboxylic acids is 3. The highest BCUT2D eigenvalue weighted by molar-refractivity contribution is 7.13. The zero-order chi connectivity index (χ0) is 23.9. The second kappa shape index (κ2) is 10.7. The third kappa shape index (κ3) is 7.63. The van der Waals surface area contributed by atoms with E-state index >= 15 is 0 Å². The predicted molar refractivity (Wildman–Crippen MR) is 116 cm³/mol. The van der Waals surface area contributed by atoms with Gasteiger partial charge in [0.05, 0.1) is 13.2 Å². The number of anilines is 1. The van der Waals surface area contributed by atoms with Crippen molar-refractivity contribution < 1.29 is 34.1 Å². The number of thiazole rings is 1. The molecule has 1 aromatic heterocycles. The highest BCUT2D eigenvalue weighted by atomic mass is 32.1. The summed E-state index contributed by atoms with van der Waals surface area (Å²) in [6, 6.07) is 5.34. The third-order valence-electron chi connectivity index (χ3n) is 3.74. The van der Waals surface area contributed by atoms with Crippen molar-refractivity contribution in [2.24, 2.45) is 0 Å². The first-order chi connectivity index (χ1) is 15.0. The summed E-state index contributed by atoms with van der Waals surface area (Å²) in [5, 5.41) is 26.8. The average molecular weight is 465 g/mol. The number of hydrogen-bond donors (Lipinski definition) is 5. The van der Waals surface area contributed by atoms with Crippen LogP contribution in [0.2, 0.25) is 0 Å². The molecular formula is C20H24N4O7S. The second-order valence-corrected chi connectivity index (χ2v) is 8.42. The Morgan fingerprint density at radius 2 is 1.81 bits per heavy atom. The molecule has 2 aromatic rings. The average Bonchev–Trinajstić information content (AvgIpc) is 3.19. The number of benzene rings is 1. The molecule has 0 saturated heterocycles. The van der Waals surface area contributed by atoms with E-state index in [0.717, 1.165) is 0 Å². The van der Waals surface area contributed by atoms with Crippen LogP contribution in [-0.4, -0.2) is 63.9 Å². The first-order valence-electron chi connectivity index (χ1n) is 9.45. The van der Waals surface area contributed by atoms with Crippen LogP contribution in [0.5, 0.6) is 0 Å². The Kier molecular flexibility index (Phi) is 8.27. The summed E-state index contributed by atoms with van der Waals surface area (Å²) < 4.78 is 5.19. The van der Waals surface area contributed by atoms with Crippen LogP contribution < -0.4 is 16.0 Å². The number of aliphatic carboxylic acids is 1. The van der Waals surface area contributed by atoms with E-state index in [1.807, 2.05) is 0 Å². The summed E-state index contributed by atoms with van der Waals surface area (Å²) in [5.74, 6) is -2.76. The van der Waals surface area contributed by atoms with E-state index in [-0.39, 0.29) is 5.69 Å². The smallest absolute Gasteiger partial charge is 0.412 e. The van der Waals surface area contributed by atoms with Crippen LogP contribution in [0.4, 0.5) is 10.5 Å². The SMILES string of the molecule is CC(C)(C)OC(=O)Nc1ccc(-c2nc(C(=O)NCC(=O)NC(CO)C(=O)O)cs2)cc1. The first-order valence-corrected chi connectivity index (χ1v) is 10.3. The molecule has 0 saturated carbocycles. The number of ether oxygens (including phenoxy) is 1. The van der Waals surface area contributed by atoms with Gasteiger partial charge in [0.15, 0.2) is 0 Å². The molecule has 32 heavy (non-hydrogen) atoms. The molecule has 0 aliphatic rings. The summed E-state index contributed by atoms with van der Waals surface area (Å²) in [7, 11) is 0. The van der Waals surface area contributed by atoms with Gasteiger partial charge in [-0.2, -0.15) is 0 Å². The van der Waals surface area contributed by atoms with Crippen molar-refractivity contribution in [1.82, 2.24) is 15.6 Å². The number of nitrogens with zero attached hydrogens (tertiary/aromatic N) is 1. The lowest BCUT2D eigenvalue weighted by atomic mass is 10.2. The Hall–Kier alpha value is -3.51. The number of carbonyl (C=O) groups is 4. The second-order valence-electron chi connectivity index (χ2n) is 7.57. The van der Waals surface area contributed by atoms with E-state index in [2.05, 4.69) is 20.9 Å². The largest absolute Gasteiger partial charge is 0.480 e. The van der Waals surface area contributed by atoms with Crippen LogP contribution in [0, 0.1) is 0 Å². The third-order valence-corrected chi connectivity index (χ3v) is 4.63. The van der Waals surface area contributed by atoms with E-state index in [1.54, 1.807) is 45.0 Å². The van der Waals surface area contributed by atoms with E-state index < -0.39 is 48.7 Å². The zero-order valence-corrected chi connectivity index (χ0v) is 18.5. The molecule has 0 bridgehead atoms. The molecule has 0 aliphatic heterocycles. The van der Waals surface area contributed by atoms with E-state index in [0.29, 0.717) is 16.3 Å². The molecule has 5 N–H and O–H groups in total. The molecule has 1 aromatic carbocycles. The minimum absolute atomic E-state index is 0.0886. The van der Waals surface area contributed by atoms with Gasteiger partial charge in [0, 0.05) is 16.6 Å². The number of hydrogen-bond acceptors (Lipinski definition) is 8. The van der Waals surface area contributed by atoms with Crippen LogP contribution in [0.3, 0.4) is 0 Å². The van der Waals surface area contributed by atoms with Gasteiger partial charge in [-0.25, -0.2) is 14.6 Å². The van der Waals surface area contributed by atoms with Gasteiger partial charge in [-0.3, -0.25) is 14.9 Å². The summed E-state index contributed by atoms with van der Waals surface area (Å²) in [6.45, 7) is 4.05. The molecule has 1 unspecified atom stereocenters. The van der Waals surface area contributed by atoms with Gasteiger partial charge >= 0.3 is 12.1 Å². The zero-order valence-electron chi connectivity index (χ0n) is 17.7. The van der Waals surface area contributed by atoms with Crippen molar-refractivity contribution in [2.75, 3.05) is 18.5 Å². The molecule has 0 radical (unpaired) electrons. The highest BCUT2D eigenvalue weighted by Crippen LogP contribution is 2.25. The maximum absolute atomic E-state index is 12.2. The molecular weight excluding hydrogens is 440 g/mol. The van der Waals surface area contributed by atoms with Gasteiger partial charge in [-0.1, -0.05) is 0 Å². The standard InChI is InChI=1S/C20H24N4O7S/c1-20(2,3)31-19(30)22-12-6-4-11(5-7-12)17-24-14(10-32-17)16(27)21-8-15(26)23-13(9-25)18(28)29/h4-7,10,13,25H,8-9H2,1-3H3,(H,21,27)(H,22,30)(H,23,26)(H,28,29). The number of aliphatic hydroxyl groups excluding tert-OH is 1. The normalized spacial score (nSPS) is 11.9. The Morgan fingerprint density at radius 3 is 2.38 bits per heavy atom. The molecule has 1 heterocycles. The lowest BCUT2D eigenvalue weighted by molar-refractivity contribution is -0.142. The lowest BCUT2D eigenvalue weighted by Crippen LogP contribution is -2.47. The van der Waals surface area contributed by atoms with Crippen molar-refractivity contribution in [3.63, 3.8) is 0 Å². The van der Waals surface area contributed by atoms with E-state index in [9.17, 15) is 19.2 Å². The van der Waals surface area contributed by atoms with Gasteiger partial charge in [0.2, 0.25) is 5.91 Å². The van der Waals surface area contributed by atoms with E-state index in [4.69, 9.17) is 14.9 Å². The van der Waals surface area contributed by atoms with Crippen molar-refractivity contribution in [1.29, 1.82) is 0 Å². The first kappa shape index (κ1) is 24.8. The minimum atomic E-state index is -1.45. The number of rotatable bonds is 8. The Bertz CT molecular complexity index is 983. The molecule has 3 amide bonds. The quantitative estimate of drug-likeness (QED) is 0.391. The number of nitrogens with one attached hydrogen (secondary N) is 3. The fourth-order valence-corrected chi connectivity index (χ4v) is 3.12. The van der Waals surface area contributed by atoms with Gasteiger partial charge in [0.25, 0.3) is 5.91 Å². The Morgan fingerprint density at radius 1 is 1.16 bits per heavy atom. The minimum Gasteiger partial charge on any atom is -0.480 e. The lowest BCUT2D eigenvalue weighted by Gasteiger charge is -2.19. The maximum Gasteiger partial charge on any atom is 0.412 e. The molecule has 2 rings (SSSR count). The van der Waals surface area contributed by atoms with Gasteiger partial charge < -0.3 is 25.6 Å². The Balaban J connectivity index is 1.92. The van der Waals surface area contributed by atoms with Crippen LogP contribution in [0.15, 0.2) is 29.6 Å². The van der Waals surface area contributed by atoms with Gasteiger partial charge in [-0.05, 0) is 45.0 Å². The molecule has 12 heteroatoms. The summed E-state index contributed by atoms with van der Waals surface area (Å²) in [4.78, 5) is 50.8. The summed E-state index contributed by atoms with van der Waals surface area (Å²) in [5.41, 5.74) is 0.727. The monoisotopic (exact) mass is 464 g/mol. The van der Waals surface area contributed by atoms with Crippen molar-refractivity contribution in [3.8, 4) is 10.6 Å². The van der Waals surface area contributed by atoms with Gasteiger partial charge in [0.1, 0.15) is 22.3 Å². The van der Waals surface area contributed by atoms with Crippen LogP contribution >= 0.6 is 11.3 Å². The summed E-state index contributed by atoms with van der Waals surface area (Å²) in [6.07, 6.45) is -0.573. The molecule has 1 atom stereocenters. The molecule has 172 valence electrons. The maximum atomic E-state index is 12.2. The Labute approximate surface area is 187 Å². The molecule has 11 nitrogen and oxygen atoms in total. The van der Waals surface area contributed by atoms with Crippen molar-refractivity contribution in [2.45, 2.75) is 32.4 Å². The van der Waals surface area contributed by atoms with Crippen molar-refractivity contribution >= 4 is 40.9 Å². The van der Waals surface area contributed by atoms with Gasteiger partial charge in [-0.15, -0.1) is 11.3 Å². The highest BCUT2D eigenvalue weighted by Gasteiger charge is 2.20. The number of aromatic nitrogens is 1. The van der Waals surface area contributed by atoms with E-state index in [1.165, 1.54) is 16.7 Å². The number of carboxylic acids is 1. The fourth-order valence-electron chi connectivity index (χ4n) is 2.31. The predicted octanol–water partition coefficient (Wildman–Crippen LogP) is 1.45.